The molecule has 6 rings (SSSR count). The van der Waals surface area contributed by atoms with Crippen LogP contribution in [0, 0.1) is 28.6 Å². The zero-order valence-corrected chi connectivity index (χ0v) is 18.3. The van der Waals surface area contributed by atoms with Crippen LogP contribution in [0.1, 0.15) is 65.2 Å². The van der Waals surface area contributed by atoms with Gasteiger partial charge in [0.15, 0.2) is 0 Å². The Balaban J connectivity index is 1.53. The van der Waals surface area contributed by atoms with Gasteiger partial charge in [-0.25, -0.2) is 4.39 Å². The highest BCUT2D eigenvalue weighted by Crippen LogP contribution is 2.78. The molecule has 3 saturated carbocycles. The summed E-state index contributed by atoms with van der Waals surface area (Å²) < 4.78 is 33.7. The van der Waals surface area contributed by atoms with Gasteiger partial charge >= 0.3 is 11.9 Å². The van der Waals surface area contributed by atoms with Crippen LogP contribution in [0.15, 0.2) is 11.4 Å². The molecule has 2 heterocycles. The summed E-state index contributed by atoms with van der Waals surface area (Å²) in [5, 5.41) is 0. The van der Waals surface area contributed by atoms with Gasteiger partial charge < -0.3 is 14.2 Å². The Morgan fingerprint density at radius 3 is 2.61 bits per heavy atom. The van der Waals surface area contributed by atoms with Gasteiger partial charge in [-0.05, 0) is 43.6 Å². The molecule has 8 atom stereocenters. The van der Waals surface area contributed by atoms with E-state index in [1.165, 1.54) is 7.11 Å². The van der Waals surface area contributed by atoms with Gasteiger partial charge in [-0.3, -0.25) is 14.4 Å². The molecule has 2 aliphatic heterocycles. The number of ketones is 1. The highest BCUT2D eigenvalue weighted by molar-refractivity contribution is 5.85. The summed E-state index contributed by atoms with van der Waals surface area (Å²) in [4.78, 5) is 37.4. The van der Waals surface area contributed by atoms with E-state index in [1.807, 2.05) is 6.92 Å². The van der Waals surface area contributed by atoms with Gasteiger partial charge in [-0.1, -0.05) is 13.8 Å². The Morgan fingerprint density at radius 2 is 1.94 bits per heavy atom. The summed E-state index contributed by atoms with van der Waals surface area (Å²) >= 11 is 0. The fourth-order valence-corrected chi connectivity index (χ4v) is 8.67. The first-order valence-electron chi connectivity index (χ1n) is 11.5. The summed E-state index contributed by atoms with van der Waals surface area (Å²) in [5.41, 5.74) is -1.75. The molecule has 6 nitrogen and oxygen atoms in total. The second-order valence-electron chi connectivity index (χ2n) is 11.0. The first-order valence-corrected chi connectivity index (χ1v) is 11.5. The number of epoxide rings is 1. The third-order valence-corrected chi connectivity index (χ3v) is 10.2. The lowest BCUT2D eigenvalue weighted by atomic mass is 9.44. The van der Waals surface area contributed by atoms with Crippen molar-refractivity contribution < 1.29 is 33.0 Å². The van der Waals surface area contributed by atoms with E-state index in [2.05, 4.69) is 6.92 Å². The first-order chi connectivity index (χ1) is 14.6. The van der Waals surface area contributed by atoms with E-state index in [0.29, 0.717) is 31.3 Å². The zero-order valence-electron chi connectivity index (χ0n) is 18.3. The van der Waals surface area contributed by atoms with E-state index in [9.17, 15) is 14.4 Å². The molecule has 0 radical (unpaired) electrons. The summed E-state index contributed by atoms with van der Waals surface area (Å²) in [6.45, 7) is 4.17. The molecule has 0 amide bonds. The monoisotopic (exact) mass is 432 g/mol. The average Bonchev–Trinajstić information content (AvgIpc) is 3.23. The van der Waals surface area contributed by atoms with Crippen molar-refractivity contribution in [3.05, 3.63) is 11.4 Å². The lowest BCUT2D eigenvalue weighted by Gasteiger charge is -2.57. The van der Waals surface area contributed by atoms with Crippen molar-refractivity contribution in [2.45, 2.75) is 82.5 Å². The van der Waals surface area contributed by atoms with Crippen LogP contribution in [0.25, 0.3) is 0 Å². The van der Waals surface area contributed by atoms with Crippen molar-refractivity contribution in [1.29, 1.82) is 0 Å². The van der Waals surface area contributed by atoms with Crippen molar-refractivity contribution in [2.75, 3.05) is 7.11 Å². The molecule has 0 aromatic rings. The molecule has 0 aromatic carbocycles. The normalized spacial score (nSPS) is 52.3. The van der Waals surface area contributed by atoms with Gasteiger partial charge in [0, 0.05) is 36.0 Å². The molecule has 7 heteroatoms. The minimum atomic E-state index is -1.07. The molecule has 0 aromatic heterocycles. The van der Waals surface area contributed by atoms with Crippen LogP contribution in [0.2, 0.25) is 0 Å². The third-order valence-electron chi connectivity index (χ3n) is 10.2. The second kappa shape index (κ2) is 5.77. The predicted molar refractivity (Wildman–Crippen MR) is 105 cm³/mol. The largest absolute Gasteiger partial charge is 0.468 e. The molecule has 2 spiro atoms. The van der Waals surface area contributed by atoms with Crippen molar-refractivity contribution in [1.82, 2.24) is 0 Å². The maximum Gasteiger partial charge on any atom is 0.315 e. The van der Waals surface area contributed by atoms with Crippen LogP contribution in [-0.4, -0.2) is 42.1 Å². The molecule has 4 unspecified atom stereocenters. The number of hydrogen-bond acceptors (Lipinski definition) is 6. The van der Waals surface area contributed by atoms with Crippen LogP contribution < -0.4 is 0 Å². The molecular weight excluding hydrogens is 403 g/mol. The van der Waals surface area contributed by atoms with E-state index < -0.39 is 34.3 Å². The zero-order chi connectivity index (χ0) is 22.0. The van der Waals surface area contributed by atoms with Crippen molar-refractivity contribution >= 4 is 17.7 Å². The van der Waals surface area contributed by atoms with Gasteiger partial charge in [0.1, 0.15) is 28.7 Å². The number of fused-ring (bicyclic) bond motifs is 4. The molecule has 168 valence electrons. The summed E-state index contributed by atoms with van der Waals surface area (Å²) in [6, 6.07) is 0. The summed E-state index contributed by atoms with van der Waals surface area (Å²) in [5.74, 6) is -2.72. The van der Waals surface area contributed by atoms with E-state index in [1.54, 1.807) is 0 Å². The van der Waals surface area contributed by atoms with Gasteiger partial charge in [0.2, 0.25) is 0 Å². The van der Waals surface area contributed by atoms with E-state index in [0.717, 1.165) is 19.3 Å². The molecule has 4 aliphatic carbocycles. The third kappa shape index (κ3) is 2.06. The SMILES string of the molecule is COC(=O)[C@@H]1C(F)=C2CC(=O)CC[C@]2(C)[C@@]23OC2C[C@@]2(C)C(CCC24CCC(=O)O4)C13. The Kier molecular flexibility index (Phi) is 3.70. The smallest absolute Gasteiger partial charge is 0.315 e. The average molecular weight is 432 g/mol. The van der Waals surface area contributed by atoms with Gasteiger partial charge in [0.05, 0.1) is 13.2 Å². The number of hydrogen-bond donors (Lipinski definition) is 0. The van der Waals surface area contributed by atoms with Crippen molar-refractivity contribution in [3.63, 3.8) is 0 Å². The maximum absolute atomic E-state index is 16.1. The highest BCUT2D eigenvalue weighted by atomic mass is 19.1. The lowest BCUT2D eigenvalue weighted by molar-refractivity contribution is -0.170. The first kappa shape index (κ1) is 19.9. The van der Waals surface area contributed by atoms with Crippen LogP contribution >= 0.6 is 0 Å². The van der Waals surface area contributed by atoms with E-state index in [4.69, 9.17) is 14.2 Å². The van der Waals surface area contributed by atoms with Gasteiger partial charge in [-0.15, -0.1) is 0 Å². The quantitative estimate of drug-likeness (QED) is 0.466. The Labute approximate surface area is 180 Å². The fourth-order valence-electron chi connectivity index (χ4n) is 8.67. The lowest BCUT2D eigenvalue weighted by Crippen LogP contribution is -2.63. The van der Waals surface area contributed by atoms with Crippen molar-refractivity contribution in [2.24, 2.45) is 28.6 Å². The van der Waals surface area contributed by atoms with Gasteiger partial charge in [0.25, 0.3) is 0 Å². The van der Waals surface area contributed by atoms with E-state index in [-0.39, 0.29) is 41.5 Å². The number of esters is 2. The molecule has 6 aliphatic rings. The van der Waals surface area contributed by atoms with Crippen LogP contribution in [0.5, 0.6) is 0 Å². The number of halogens is 1. The topological polar surface area (TPSA) is 82.2 Å². The Bertz CT molecular complexity index is 958. The van der Waals surface area contributed by atoms with Crippen molar-refractivity contribution in [3.8, 4) is 0 Å². The minimum absolute atomic E-state index is 0.0108. The minimum Gasteiger partial charge on any atom is -0.468 e. The number of carbonyl (C=O) groups is 3. The molecule has 0 bridgehead atoms. The summed E-state index contributed by atoms with van der Waals surface area (Å²) in [6.07, 6.45) is 4.16. The maximum atomic E-state index is 16.1. The standard InChI is InChI=1S/C24H29FO6/c1-21-7-4-12(26)10-14(21)19(25)17(20(28)29-3)18-13-5-8-23(9-6-16(27)31-23)22(13,2)11-15-24(18,21)30-15/h13,15,17-18H,4-11H2,1-3H3/t13?,15?,17-,18?,21-,22-,23?,24+/m0/s1. The van der Waals surface area contributed by atoms with Crippen LogP contribution in [0.3, 0.4) is 0 Å². The van der Waals surface area contributed by atoms with Crippen LogP contribution in [0.4, 0.5) is 4.39 Å². The number of carbonyl (C=O) groups excluding carboxylic acids is 3. The second-order valence-corrected chi connectivity index (χ2v) is 11.0. The predicted octanol–water partition coefficient (Wildman–Crippen LogP) is 3.42. The number of Topliss-reactive ketones (excluding diaryl/α,β-unsaturated/α-hetero) is 1. The Morgan fingerprint density at radius 1 is 1.16 bits per heavy atom. The highest BCUT2D eigenvalue weighted by Gasteiger charge is 2.84. The molecule has 2 saturated heterocycles. The summed E-state index contributed by atoms with van der Waals surface area (Å²) in [7, 11) is 1.29. The fraction of sp³-hybridized carbons (Fsp3) is 0.792. The molecule has 31 heavy (non-hydrogen) atoms. The van der Waals surface area contributed by atoms with Gasteiger partial charge in [-0.2, -0.15) is 0 Å². The number of rotatable bonds is 1. The van der Waals surface area contributed by atoms with Crippen LogP contribution in [-0.2, 0) is 28.6 Å². The molecular formula is C24H29FO6. The Hall–Kier alpha value is -1.76. The molecule has 5 fully saturated rings. The molecule has 0 N–H and O–H groups in total. The van der Waals surface area contributed by atoms with E-state index >= 15 is 4.39 Å². The number of methoxy groups -OCH3 is 1. The number of ether oxygens (including phenoxy) is 3.